The number of anilines is 1. The molecule has 0 aliphatic carbocycles. The number of thiazole rings is 1. The number of aryl methyl sites for hydroxylation is 1. The van der Waals surface area contributed by atoms with E-state index in [4.69, 9.17) is 4.74 Å². The van der Waals surface area contributed by atoms with Crippen LogP contribution in [0, 0.1) is 6.92 Å². The normalized spacial score (nSPS) is 15.1. The summed E-state index contributed by atoms with van der Waals surface area (Å²) in [6.07, 6.45) is 6.74. The molecule has 5 aromatic rings. The zero-order valence-corrected chi connectivity index (χ0v) is 20.6. The van der Waals surface area contributed by atoms with Crippen LogP contribution in [0.4, 0.5) is 5.82 Å². The predicted molar refractivity (Wildman–Crippen MR) is 142 cm³/mol. The van der Waals surface area contributed by atoms with Crippen LogP contribution in [0.3, 0.4) is 0 Å². The van der Waals surface area contributed by atoms with E-state index in [1.165, 1.54) is 0 Å². The van der Waals surface area contributed by atoms with Gasteiger partial charge < -0.3 is 15.0 Å². The number of aromatic nitrogens is 4. The molecule has 7 nitrogen and oxygen atoms in total. The molecule has 0 radical (unpaired) electrons. The summed E-state index contributed by atoms with van der Waals surface area (Å²) in [6.45, 7) is 3.06. The van der Waals surface area contributed by atoms with Gasteiger partial charge in [-0.05, 0) is 55.2 Å². The largest absolute Gasteiger partial charge is 0.381 e. The van der Waals surface area contributed by atoms with E-state index < -0.39 is 5.41 Å². The van der Waals surface area contributed by atoms with Crippen LogP contribution < -0.4 is 5.32 Å². The topological polar surface area (TPSA) is 92.8 Å². The van der Waals surface area contributed by atoms with E-state index in [0.29, 0.717) is 31.9 Å². The molecule has 0 spiro atoms. The number of carbonyl (C=O) groups excluding carboxylic acids is 1. The number of nitrogens with zero attached hydrogens (tertiary/aromatic N) is 3. The maximum absolute atomic E-state index is 13.7. The molecular weight excluding hydrogens is 470 g/mol. The van der Waals surface area contributed by atoms with Crippen molar-refractivity contribution < 1.29 is 9.53 Å². The highest BCUT2D eigenvalue weighted by Gasteiger charge is 2.42. The van der Waals surface area contributed by atoms with Gasteiger partial charge in [-0.1, -0.05) is 24.3 Å². The van der Waals surface area contributed by atoms with Crippen molar-refractivity contribution in [3.8, 4) is 22.4 Å². The molecule has 1 aliphatic heterocycles. The van der Waals surface area contributed by atoms with E-state index in [1.807, 2.05) is 42.9 Å². The highest BCUT2D eigenvalue weighted by atomic mass is 32.1. The Morgan fingerprint density at radius 3 is 2.50 bits per heavy atom. The average molecular weight is 496 g/mol. The molecule has 0 bridgehead atoms. The van der Waals surface area contributed by atoms with Crippen molar-refractivity contribution in [1.29, 1.82) is 0 Å². The summed E-state index contributed by atoms with van der Waals surface area (Å²) < 4.78 is 5.63. The second kappa shape index (κ2) is 9.29. The number of carbonyl (C=O) groups is 1. The number of benzene rings is 1. The fraction of sp³-hybridized carbons (Fsp3) is 0.214. The molecule has 4 aromatic heterocycles. The summed E-state index contributed by atoms with van der Waals surface area (Å²) in [7, 11) is 0. The Morgan fingerprint density at radius 2 is 1.78 bits per heavy atom. The van der Waals surface area contributed by atoms with Crippen LogP contribution in [0.2, 0.25) is 0 Å². The van der Waals surface area contributed by atoms with Crippen LogP contribution in [-0.4, -0.2) is 39.1 Å². The Labute approximate surface area is 212 Å². The quantitative estimate of drug-likeness (QED) is 0.324. The molecule has 1 saturated heterocycles. The van der Waals surface area contributed by atoms with E-state index in [0.717, 1.165) is 44.0 Å². The van der Waals surface area contributed by atoms with Crippen LogP contribution in [-0.2, 0) is 14.9 Å². The van der Waals surface area contributed by atoms with Gasteiger partial charge in [-0.15, -0.1) is 11.3 Å². The minimum absolute atomic E-state index is 0.0567. The number of pyridine rings is 2. The molecule has 2 N–H and O–H groups in total. The van der Waals surface area contributed by atoms with Gasteiger partial charge in [0.25, 0.3) is 0 Å². The van der Waals surface area contributed by atoms with Crippen LogP contribution in [0.1, 0.15) is 23.4 Å². The third-order valence-electron chi connectivity index (χ3n) is 6.87. The molecule has 0 unspecified atom stereocenters. The lowest BCUT2D eigenvalue weighted by atomic mass is 9.73. The standard InChI is InChI=1S/C28H25N5O2S/c1-18-32-24(17-36-18)21-4-7-25(30-15-21)33-27(34)28(9-12-35-13-10-28)23-5-2-19(3-6-23)22-14-20-8-11-29-26(20)31-16-22/h2-8,11,14-17H,9-10,12-13H2,1H3,(H,29,31)(H,30,33,34). The predicted octanol–water partition coefficient (Wildman–Crippen LogP) is 5.74. The van der Waals surface area contributed by atoms with Crippen LogP contribution in [0.15, 0.2) is 72.5 Å². The van der Waals surface area contributed by atoms with Crippen molar-refractivity contribution >= 4 is 34.1 Å². The summed E-state index contributed by atoms with van der Waals surface area (Å²) in [5.74, 6) is 0.475. The number of fused-ring (bicyclic) bond motifs is 1. The molecular formula is C28H25N5O2S. The molecule has 0 atom stereocenters. The second-order valence-electron chi connectivity index (χ2n) is 9.05. The van der Waals surface area contributed by atoms with Crippen molar-refractivity contribution in [2.45, 2.75) is 25.2 Å². The lowest BCUT2D eigenvalue weighted by molar-refractivity contribution is -0.125. The van der Waals surface area contributed by atoms with Crippen molar-refractivity contribution in [1.82, 2.24) is 19.9 Å². The maximum atomic E-state index is 13.7. The zero-order chi connectivity index (χ0) is 24.5. The van der Waals surface area contributed by atoms with E-state index in [-0.39, 0.29) is 5.91 Å². The summed E-state index contributed by atoms with van der Waals surface area (Å²) in [5.41, 5.74) is 5.11. The SMILES string of the molecule is Cc1nc(-c2ccc(NC(=O)C3(c4ccc(-c5cnc6[nH]ccc6c5)cc4)CCOCC3)nc2)cs1. The number of nitrogens with one attached hydrogen (secondary N) is 2. The highest BCUT2D eigenvalue weighted by Crippen LogP contribution is 2.37. The van der Waals surface area contributed by atoms with Gasteiger partial charge in [-0.2, -0.15) is 0 Å². The number of H-pyrrole nitrogens is 1. The fourth-order valence-electron chi connectivity index (χ4n) is 4.80. The van der Waals surface area contributed by atoms with Crippen molar-refractivity contribution in [2.24, 2.45) is 0 Å². The monoisotopic (exact) mass is 495 g/mol. The molecule has 36 heavy (non-hydrogen) atoms. The van der Waals surface area contributed by atoms with Crippen LogP contribution in [0.25, 0.3) is 33.4 Å². The second-order valence-corrected chi connectivity index (χ2v) is 10.1. The maximum Gasteiger partial charge on any atom is 0.236 e. The smallest absolute Gasteiger partial charge is 0.236 e. The highest BCUT2D eigenvalue weighted by molar-refractivity contribution is 7.09. The van der Waals surface area contributed by atoms with Gasteiger partial charge in [0.2, 0.25) is 5.91 Å². The van der Waals surface area contributed by atoms with Gasteiger partial charge in [0.15, 0.2) is 0 Å². The number of ether oxygens (including phenoxy) is 1. The molecule has 1 aliphatic rings. The van der Waals surface area contributed by atoms with Gasteiger partial charge in [-0.25, -0.2) is 15.0 Å². The Morgan fingerprint density at radius 1 is 1.00 bits per heavy atom. The summed E-state index contributed by atoms with van der Waals surface area (Å²) >= 11 is 1.60. The number of hydrogen-bond acceptors (Lipinski definition) is 6. The number of hydrogen-bond donors (Lipinski definition) is 2. The first-order chi connectivity index (χ1) is 17.6. The number of amides is 1. The van der Waals surface area contributed by atoms with Gasteiger partial charge in [0.1, 0.15) is 11.5 Å². The molecule has 1 fully saturated rings. The lowest BCUT2D eigenvalue weighted by Gasteiger charge is -2.36. The zero-order valence-electron chi connectivity index (χ0n) is 19.8. The van der Waals surface area contributed by atoms with Crippen LogP contribution in [0.5, 0.6) is 0 Å². The van der Waals surface area contributed by atoms with Crippen molar-refractivity contribution in [3.05, 3.63) is 83.1 Å². The van der Waals surface area contributed by atoms with Gasteiger partial charge in [0, 0.05) is 53.7 Å². The van der Waals surface area contributed by atoms with Gasteiger partial charge >= 0.3 is 0 Å². The third-order valence-corrected chi connectivity index (χ3v) is 7.65. The Balaban J connectivity index is 1.25. The minimum atomic E-state index is -0.675. The van der Waals surface area contributed by atoms with Gasteiger partial charge in [-0.3, -0.25) is 4.79 Å². The number of aromatic amines is 1. The summed E-state index contributed by atoms with van der Waals surface area (Å²) in [6, 6.07) is 16.2. The van der Waals surface area contributed by atoms with E-state index in [2.05, 4.69) is 55.6 Å². The fourth-order valence-corrected chi connectivity index (χ4v) is 5.42. The summed E-state index contributed by atoms with van der Waals surface area (Å²) in [5, 5.41) is 7.15. The number of rotatable bonds is 5. The van der Waals surface area contributed by atoms with E-state index in [9.17, 15) is 4.79 Å². The lowest BCUT2D eigenvalue weighted by Crippen LogP contribution is -2.45. The molecule has 1 amide bonds. The minimum Gasteiger partial charge on any atom is -0.381 e. The molecule has 1 aromatic carbocycles. The molecule has 180 valence electrons. The Bertz CT molecular complexity index is 1520. The third kappa shape index (κ3) is 4.19. The van der Waals surface area contributed by atoms with E-state index in [1.54, 1.807) is 17.5 Å². The first-order valence-corrected chi connectivity index (χ1v) is 12.8. The first kappa shape index (κ1) is 22.6. The summed E-state index contributed by atoms with van der Waals surface area (Å²) in [4.78, 5) is 30.3. The molecule has 8 heteroatoms. The molecule has 5 heterocycles. The Hall–Kier alpha value is -3.88. The van der Waals surface area contributed by atoms with Gasteiger partial charge in [0.05, 0.1) is 16.1 Å². The van der Waals surface area contributed by atoms with Crippen molar-refractivity contribution in [3.63, 3.8) is 0 Å². The Kier molecular flexibility index (Phi) is 5.83. The molecule has 0 saturated carbocycles. The van der Waals surface area contributed by atoms with E-state index >= 15 is 0 Å². The molecule has 6 rings (SSSR count). The van der Waals surface area contributed by atoms with Crippen molar-refractivity contribution in [2.75, 3.05) is 18.5 Å². The average Bonchev–Trinajstić information content (AvgIpc) is 3.58. The van der Waals surface area contributed by atoms with Crippen LogP contribution >= 0.6 is 11.3 Å². The first-order valence-electron chi connectivity index (χ1n) is 11.9.